The van der Waals surface area contributed by atoms with Crippen molar-refractivity contribution in [1.82, 2.24) is 4.98 Å². The second-order valence-corrected chi connectivity index (χ2v) is 6.19. The number of nitrogens with one attached hydrogen (secondary N) is 2. The van der Waals surface area contributed by atoms with Crippen LogP contribution in [0, 0.1) is 0 Å². The fourth-order valence-corrected chi connectivity index (χ4v) is 2.99. The van der Waals surface area contributed by atoms with Crippen molar-refractivity contribution >= 4 is 45.3 Å². The zero-order chi connectivity index (χ0) is 18.6. The Bertz CT molecular complexity index is 1100. The summed E-state index contributed by atoms with van der Waals surface area (Å²) in [7, 11) is 0. The van der Waals surface area contributed by atoms with Gasteiger partial charge in [-0.05, 0) is 29.8 Å². The lowest BCUT2D eigenvalue weighted by atomic mass is 10.1. The summed E-state index contributed by atoms with van der Waals surface area (Å²) < 4.78 is 0. The topological polar surface area (TPSA) is 66.4 Å². The summed E-state index contributed by atoms with van der Waals surface area (Å²) in [6.07, 6.45) is 1.75. The van der Waals surface area contributed by atoms with Gasteiger partial charge in [-0.3, -0.25) is 10.2 Å². The number of hydrogen-bond acceptors (Lipinski definition) is 4. The van der Waals surface area contributed by atoms with Crippen molar-refractivity contribution in [3.8, 4) is 0 Å². The lowest BCUT2D eigenvalue weighted by molar-refractivity contribution is -0.114. The summed E-state index contributed by atoms with van der Waals surface area (Å²) in [6.45, 7) is 1.49. The maximum Gasteiger partial charge on any atom is 0.221 e. The van der Waals surface area contributed by atoms with Crippen molar-refractivity contribution in [1.29, 1.82) is 0 Å². The maximum absolute atomic E-state index is 11.1. The highest BCUT2D eigenvalue weighted by Crippen LogP contribution is 2.30. The van der Waals surface area contributed by atoms with Crippen LogP contribution in [0.4, 0.5) is 11.4 Å². The number of carbonyl (C=O) groups excluding carboxylic acids is 1. The standard InChI is InChI=1S/C22H18N4O/c1-15(27)24-17-12-10-16(11-13-17)14-23-26-22-18-6-2-4-8-20(18)25-21-9-5-3-7-19(21)22/h2-14H,1H3,(H,24,27)(H,25,26). The molecule has 0 fully saturated rings. The van der Waals surface area contributed by atoms with Gasteiger partial charge < -0.3 is 5.32 Å². The number of benzene rings is 3. The molecule has 0 spiro atoms. The number of anilines is 2. The van der Waals surface area contributed by atoms with Crippen molar-refractivity contribution in [3.05, 3.63) is 78.4 Å². The van der Waals surface area contributed by atoms with E-state index in [1.165, 1.54) is 6.92 Å². The third-order valence-electron chi connectivity index (χ3n) is 4.21. The molecule has 27 heavy (non-hydrogen) atoms. The minimum atomic E-state index is -0.0884. The molecule has 0 aliphatic heterocycles. The van der Waals surface area contributed by atoms with Gasteiger partial charge in [-0.2, -0.15) is 5.10 Å². The van der Waals surface area contributed by atoms with Gasteiger partial charge in [-0.25, -0.2) is 4.98 Å². The molecule has 5 heteroatoms. The minimum absolute atomic E-state index is 0.0884. The van der Waals surface area contributed by atoms with Gasteiger partial charge in [-0.1, -0.05) is 48.5 Å². The van der Waals surface area contributed by atoms with Crippen molar-refractivity contribution in [2.45, 2.75) is 6.92 Å². The van der Waals surface area contributed by atoms with Crippen LogP contribution in [0.3, 0.4) is 0 Å². The number of amides is 1. The fraction of sp³-hybridized carbons (Fsp3) is 0.0455. The van der Waals surface area contributed by atoms with Gasteiger partial charge in [0, 0.05) is 23.4 Å². The zero-order valence-electron chi connectivity index (χ0n) is 14.8. The number of hydrogen-bond donors (Lipinski definition) is 2. The Morgan fingerprint density at radius 1 is 0.889 bits per heavy atom. The Morgan fingerprint density at radius 3 is 2.07 bits per heavy atom. The number of carbonyl (C=O) groups is 1. The highest BCUT2D eigenvalue weighted by Gasteiger charge is 2.07. The molecule has 4 rings (SSSR count). The highest BCUT2D eigenvalue weighted by atomic mass is 16.1. The van der Waals surface area contributed by atoms with Crippen molar-refractivity contribution in [2.75, 3.05) is 10.7 Å². The average molecular weight is 354 g/mol. The largest absolute Gasteiger partial charge is 0.326 e. The van der Waals surface area contributed by atoms with Gasteiger partial charge in [0.2, 0.25) is 5.91 Å². The van der Waals surface area contributed by atoms with Crippen LogP contribution in [0.25, 0.3) is 21.8 Å². The lowest BCUT2D eigenvalue weighted by Crippen LogP contribution is -2.05. The SMILES string of the molecule is CC(=O)Nc1ccc(C=NNc2c3ccccc3nc3ccccc23)cc1. The molecule has 0 aliphatic carbocycles. The van der Waals surface area contributed by atoms with E-state index in [0.717, 1.165) is 38.7 Å². The normalized spacial score (nSPS) is 11.1. The number of pyridine rings is 1. The molecule has 4 aromatic rings. The highest BCUT2D eigenvalue weighted by molar-refractivity contribution is 6.07. The summed E-state index contributed by atoms with van der Waals surface area (Å²) in [6, 6.07) is 23.5. The van der Waals surface area contributed by atoms with Crippen LogP contribution in [-0.2, 0) is 4.79 Å². The van der Waals surface area contributed by atoms with E-state index in [2.05, 4.69) is 15.8 Å². The first kappa shape index (κ1) is 16.7. The zero-order valence-corrected chi connectivity index (χ0v) is 14.8. The van der Waals surface area contributed by atoms with Crippen molar-refractivity contribution < 1.29 is 4.79 Å². The predicted molar refractivity (Wildman–Crippen MR) is 111 cm³/mol. The van der Waals surface area contributed by atoms with Crippen LogP contribution < -0.4 is 10.7 Å². The number of fused-ring (bicyclic) bond motifs is 2. The molecule has 0 unspecified atom stereocenters. The van der Waals surface area contributed by atoms with E-state index in [9.17, 15) is 4.79 Å². The molecule has 0 atom stereocenters. The number of para-hydroxylation sites is 2. The summed E-state index contributed by atoms with van der Waals surface area (Å²) in [4.78, 5) is 15.8. The summed E-state index contributed by atoms with van der Waals surface area (Å²) in [5.74, 6) is -0.0884. The van der Waals surface area contributed by atoms with E-state index in [0.29, 0.717) is 0 Å². The number of rotatable bonds is 4. The van der Waals surface area contributed by atoms with Crippen LogP contribution in [0.15, 0.2) is 77.9 Å². The molecule has 1 amide bonds. The first-order valence-corrected chi connectivity index (χ1v) is 8.65. The van der Waals surface area contributed by atoms with Crippen LogP contribution in [0.5, 0.6) is 0 Å². The van der Waals surface area contributed by atoms with Crippen LogP contribution in [0.2, 0.25) is 0 Å². The first-order chi connectivity index (χ1) is 13.2. The van der Waals surface area contributed by atoms with E-state index in [4.69, 9.17) is 4.98 Å². The molecule has 5 nitrogen and oxygen atoms in total. The van der Waals surface area contributed by atoms with Gasteiger partial charge in [0.25, 0.3) is 0 Å². The third kappa shape index (κ3) is 3.62. The van der Waals surface area contributed by atoms with Gasteiger partial charge in [0.1, 0.15) is 0 Å². The Morgan fingerprint density at radius 2 is 1.48 bits per heavy atom. The first-order valence-electron chi connectivity index (χ1n) is 8.65. The quantitative estimate of drug-likeness (QED) is 0.314. The molecule has 0 saturated carbocycles. The number of nitrogens with zero attached hydrogens (tertiary/aromatic N) is 2. The van der Waals surface area contributed by atoms with Gasteiger partial charge in [-0.15, -0.1) is 0 Å². The Balaban J connectivity index is 1.64. The monoisotopic (exact) mass is 354 g/mol. The van der Waals surface area contributed by atoms with Gasteiger partial charge in [0.15, 0.2) is 0 Å². The number of hydrazone groups is 1. The summed E-state index contributed by atoms with van der Waals surface area (Å²) in [5.41, 5.74) is 7.66. The molecular formula is C22H18N4O. The van der Waals surface area contributed by atoms with Gasteiger partial charge >= 0.3 is 0 Å². The summed E-state index contributed by atoms with van der Waals surface area (Å²) in [5, 5.41) is 9.21. The smallest absolute Gasteiger partial charge is 0.221 e. The van der Waals surface area contributed by atoms with Gasteiger partial charge in [0.05, 0.1) is 22.9 Å². The molecule has 132 valence electrons. The molecular weight excluding hydrogens is 336 g/mol. The fourth-order valence-electron chi connectivity index (χ4n) is 2.99. The molecule has 2 N–H and O–H groups in total. The molecule has 1 heterocycles. The van der Waals surface area contributed by atoms with E-state index in [1.54, 1.807) is 6.21 Å². The Kier molecular flexibility index (Phi) is 4.49. The molecule has 0 saturated heterocycles. The second kappa shape index (κ2) is 7.25. The minimum Gasteiger partial charge on any atom is -0.326 e. The van der Waals surface area contributed by atoms with E-state index in [-0.39, 0.29) is 5.91 Å². The van der Waals surface area contributed by atoms with Crippen LogP contribution >= 0.6 is 0 Å². The van der Waals surface area contributed by atoms with Crippen molar-refractivity contribution in [3.63, 3.8) is 0 Å². The van der Waals surface area contributed by atoms with Crippen LogP contribution in [-0.4, -0.2) is 17.1 Å². The second-order valence-electron chi connectivity index (χ2n) is 6.19. The molecule has 1 aromatic heterocycles. The van der Waals surface area contributed by atoms with Crippen molar-refractivity contribution in [2.24, 2.45) is 5.10 Å². The number of aromatic nitrogens is 1. The Hall–Kier alpha value is -3.73. The molecule has 0 bridgehead atoms. The summed E-state index contributed by atoms with van der Waals surface area (Å²) >= 11 is 0. The van der Waals surface area contributed by atoms with E-state index < -0.39 is 0 Å². The molecule has 3 aromatic carbocycles. The predicted octanol–water partition coefficient (Wildman–Crippen LogP) is 4.79. The van der Waals surface area contributed by atoms with Crippen LogP contribution in [0.1, 0.15) is 12.5 Å². The third-order valence-corrected chi connectivity index (χ3v) is 4.21. The van der Waals surface area contributed by atoms with E-state index in [1.807, 2.05) is 72.8 Å². The average Bonchev–Trinajstić information content (AvgIpc) is 2.68. The Labute approximate surface area is 156 Å². The lowest BCUT2D eigenvalue weighted by Gasteiger charge is -2.10. The molecule has 0 aliphatic rings. The van der Waals surface area contributed by atoms with E-state index >= 15 is 0 Å². The maximum atomic E-state index is 11.1. The molecule has 0 radical (unpaired) electrons.